The van der Waals surface area contributed by atoms with Crippen molar-refractivity contribution >= 4 is 5.78 Å². The number of hydrogen-bond donors (Lipinski definition) is 0. The van der Waals surface area contributed by atoms with Gasteiger partial charge < -0.3 is 0 Å². The molecule has 1 aliphatic rings. The maximum absolute atomic E-state index is 11.8. The monoisotopic (exact) mass is 219 g/mol. The zero-order chi connectivity index (χ0) is 12.0. The van der Waals surface area contributed by atoms with Gasteiger partial charge in [0, 0.05) is 0 Å². The molecule has 0 aliphatic carbocycles. The van der Waals surface area contributed by atoms with Crippen molar-refractivity contribution in [1.82, 2.24) is 4.90 Å². The van der Waals surface area contributed by atoms with Crippen LogP contribution in [-0.4, -0.2) is 29.8 Å². The van der Waals surface area contributed by atoms with Gasteiger partial charge in [0.25, 0.3) is 0 Å². The molecule has 0 saturated carbocycles. The highest BCUT2D eigenvalue weighted by molar-refractivity contribution is 5.85. The minimum Gasteiger partial charge on any atom is -0.298 e. The number of rotatable bonds is 5. The van der Waals surface area contributed by atoms with Crippen LogP contribution in [0.1, 0.15) is 26.7 Å². The number of Topliss-reactive ketones (excluding diaryl/α,β-unsaturated/α-hetero) is 1. The summed E-state index contributed by atoms with van der Waals surface area (Å²) in [6.07, 6.45) is 10.1. The highest BCUT2D eigenvalue weighted by Gasteiger charge is 2.27. The van der Waals surface area contributed by atoms with E-state index in [-0.39, 0.29) is 11.8 Å². The Balaban J connectivity index is 2.93. The van der Waals surface area contributed by atoms with Gasteiger partial charge in [0.2, 0.25) is 0 Å². The number of carbonyl (C=O) groups is 1. The lowest BCUT2D eigenvalue weighted by Crippen LogP contribution is -2.39. The Morgan fingerprint density at radius 3 is 2.44 bits per heavy atom. The second kappa shape index (κ2) is 6.44. The minimum atomic E-state index is -0.0864. The van der Waals surface area contributed by atoms with Gasteiger partial charge in [0.1, 0.15) is 0 Å². The molecule has 0 N–H and O–H groups in total. The quantitative estimate of drug-likeness (QED) is 0.663. The lowest BCUT2D eigenvalue weighted by atomic mass is 10.0. The third kappa shape index (κ3) is 3.17. The molecular weight excluding hydrogens is 198 g/mol. The topological polar surface area (TPSA) is 20.3 Å². The first kappa shape index (κ1) is 12.9. The second-order valence-electron chi connectivity index (χ2n) is 4.16. The molecule has 16 heavy (non-hydrogen) atoms. The zero-order valence-electron chi connectivity index (χ0n) is 10.3. The van der Waals surface area contributed by atoms with Gasteiger partial charge in [0.15, 0.2) is 5.78 Å². The normalized spacial score (nSPS) is 20.2. The highest BCUT2D eigenvalue weighted by atomic mass is 16.1. The lowest BCUT2D eigenvalue weighted by molar-refractivity contribution is -0.120. The molecule has 0 amide bonds. The molecule has 1 heterocycles. The lowest BCUT2D eigenvalue weighted by Gasteiger charge is -2.26. The zero-order valence-corrected chi connectivity index (χ0v) is 10.3. The van der Waals surface area contributed by atoms with Gasteiger partial charge in [-0.2, -0.15) is 0 Å². The highest BCUT2D eigenvalue weighted by Crippen LogP contribution is 2.19. The molecule has 0 spiro atoms. The van der Waals surface area contributed by atoms with Crippen molar-refractivity contribution in [2.24, 2.45) is 0 Å². The molecule has 1 rings (SSSR count). The number of nitrogens with zero attached hydrogens (tertiary/aromatic N) is 1. The van der Waals surface area contributed by atoms with Crippen LogP contribution in [0.2, 0.25) is 0 Å². The summed E-state index contributed by atoms with van der Waals surface area (Å²) < 4.78 is 0. The minimum absolute atomic E-state index is 0.0864. The van der Waals surface area contributed by atoms with Crippen molar-refractivity contribution in [3.05, 3.63) is 36.5 Å². The first-order chi connectivity index (χ1) is 7.70. The van der Waals surface area contributed by atoms with Gasteiger partial charge in [-0.25, -0.2) is 0 Å². The summed E-state index contributed by atoms with van der Waals surface area (Å²) in [5.41, 5.74) is 1.05. The fourth-order valence-electron chi connectivity index (χ4n) is 2.27. The Hall–Kier alpha value is -1.15. The first-order valence-corrected chi connectivity index (χ1v) is 5.90. The standard InChI is InChI=1S/C14H21NO/c1-4-8-13(9-5-2)14(12(3)16)15-10-6-7-11-15/h4-5,8-9,14H,1,6-7,10-11H2,2-3H3/b9-5-,13-8+. The van der Waals surface area contributed by atoms with E-state index in [2.05, 4.69) is 11.5 Å². The number of carbonyl (C=O) groups excluding carboxylic acids is 1. The van der Waals surface area contributed by atoms with E-state index in [0.29, 0.717) is 0 Å². The largest absolute Gasteiger partial charge is 0.298 e. The van der Waals surface area contributed by atoms with Crippen LogP contribution in [0, 0.1) is 0 Å². The Bertz CT molecular complexity index is 309. The molecule has 0 radical (unpaired) electrons. The SMILES string of the molecule is C=C/C=C(\C=C/C)C(C(C)=O)N1CCCC1. The van der Waals surface area contributed by atoms with Crippen LogP contribution in [0.4, 0.5) is 0 Å². The third-order valence-corrected chi connectivity index (χ3v) is 2.88. The summed E-state index contributed by atoms with van der Waals surface area (Å²) in [5, 5.41) is 0. The van der Waals surface area contributed by atoms with Crippen LogP contribution in [-0.2, 0) is 4.79 Å². The molecule has 1 aliphatic heterocycles. The van der Waals surface area contributed by atoms with Gasteiger partial charge in [0.05, 0.1) is 6.04 Å². The predicted molar refractivity (Wildman–Crippen MR) is 68.4 cm³/mol. The summed E-state index contributed by atoms with van der Waals surface area (Å²) in [5.74, 6) is 0.216. The van der Waals surface area contributed by atoms with Crippen molar-refractivity contribution in [2.45, 2.75) is 32.7 Å². The number of hydrogen-bond acceptors (Lipinski definition) is 2. The molecule has 0 aromatic carbocycles. The molecular formula is C14H21NO. The Labute approximate surface area is 98.3 Å². The number of likely N-dealkylation sites (tertiary alicyclic amines) is 1. The van der Waals surface area contributed by atoms with Gasteiger partial charge in [-0.05, 0) is 45.4 Å². The maximum Gasteiger partial charge on any atom is 0.151 e. The molecule has 1 unspecified atom stereocenters. The Morgan fingerprint density at radius 2 is 2.00 bits per heavy atom. The summed E-state index contributed by atoms with van der Waals surface area (Å²) in [6, 6.07) is -0.0864. The molecule has 2 nitrogen and oxygen atoms in total. The van der Waals surface area contributed by atoms with Crippen LogP contribution in [0.25, 0.3) is 0 Å². The molecule has 0 aromatic rings. The molecule has 1 saturated heterocycles. The molecule has 0 bridgehead atoms. The van der Waals surface area contributed by atoms with Gasteiger partial charge in [-0.1, -0.05) is 30.9 Å². The smallest absolute Gasteiger partial charge is 0.151 e. The summed E-state index contributed by atoms with van der Waals surface area (Å²) in [4.78, 5) is 14.0. The second-order valence-corrected chi connectivity index (χ2v) is 4.16. The van der Waals surface area contributed by atoms with Crippen LogP contribution >= 0.6 is 0 Å². The fourth-order valence-corrected chi connectivity index (χ4v) is 2.27. The molecule has 0 aromatic heterocycles. The van der Waals surface area contributed by atoms with Gasteiger partial charge in [-0.3, -0.25) is 9.69 Å². The van der Waals surface area contributed by atoms with E-state index in [4.69, 9.17) is 0 Å². The molecule has 1 atom stereocenters. The summed E-state index contributed by atoms with van der Waals surface area (Å²) in [7, 11) is 0. The van der Waals surface area contributed by atoms with E-state index in [1.54, 1.807) is 13.0 Å². The maximum atomic E-state index is 11.8. The Kier molecular flexibility index (Phi) is 5.20. The van der Waals surface area contributed by atoms with E-state index >= 15 is 0 Å². The van der Waals surface area contributed by atoms with E-state index in [1.807, 2.05) is 25.2 Å². The number of ketones is 1. The van der Waals surface area contributed by atoms with Crippen LogP contribution in [0.3, 0.4) is 0 Å². The van der Waals surface area contributed by atoms with Crippen molar-refractivity contribution in [3.8, 4) is 0 Å². The van der Waals surface area contributed by atoms with Crippen molar-refractivity contribution in [3.63, 3.8) is 0 Å². The van der Waals surface area contributed by atoms with Gasteiger partial charge >= 0.3 is 0 Å². The molecule has 2 heteroatoms. The van der Waals surface area contributed by atoms with Crippen LogP contribution in [0.5, 0.6) is 0 Å². The molecule has 1 fully saturated rings. The van der Waals surface area contributed by atoms with Crippen molar-refractivity contribution in [1.29, 1.82) is 0 Å². The van der Waals surface area contributed by atoms with Gasteiger partial charge in [-0.15, -0.1) is 0 Å². The van der Waals surface area contributed by atoms with E-state index < -0.39 is 0 Å². The third-order valence-electron chi connectivity index (χ3n) is 2.88. The van der Waals surface area contributed by atoms with Crippen LogP contribution < -0.4 is 0 Å². The van der Waals surface area contributed by atoms with Crippen molar-refractivity contribution < 1.29 is 4.79 Å². The van der Waals surface area contributed by atoms with E-state index in [9.17, 15) is 4.79 Å². The average Bonchev–Trinajstić information content (AvgIpc) is 2.71. The van der Waals surface area contributed by atoms with E-state index in [1.165, 1.54) is 12.8 Å². The summed E-state index contributed by atoms with van der Waals surface area (Å²) >= 11 is 0. The summed E-state index contributed by atoms with van der Waals surface area (Å²) in [6.45, 7) is 9.40. The van der Waals surface area contributed by atoms with Crippen molar-refractivity contribution in [2.75, 3.05) is 13.1 Å². The van der Waals surface area contributed by atoms with Crippen LogP contribution in [0.15, 0.2) is 36.5 Å². The number of allylic oxidation sites excluding steroid dienone is 3. The fraction of sp³-hybridized carbons (Fsp3) is 0.500. The molecule has 88 valence electrons. The van der Waals surface area contributed by atoms with E-state index in [0.717, 1.165) is 18.7 Å². The Morgan fingerprint density at radius 1 is 1.38 bits per heavy atom. The predicted octanol–water partition coefficient (Wildman–Crippen LogP) is 2.73. The average molecular weight is 219 g/mol. The first-order valence-electron chi connectivity index (χ1n) is 5.90.